The molecule has 33 heavy (non-hydrogen) atoms. The third kappa shape index (κ3) is 4.75. The van der Waals surface area contributed by atoms with E-state index in [4.69, 9.17) is 16.0 Å². The number of aromatic nitrogens is 1. The van der Waals surface area contributed by atoms with Gasteiger partial charge in [-0.3, -0.25) is 10.1 Å². The second kappa shape index (κ2) is 9.06. The summed E-state index contributed by atoms with van der Waals surface area (Å²) in [6, 6.07) is 23.9. The Labute approximate surface area is 200 Å². The quantitative estimate of drug-likeness (QED) is 0.266. The highest BCUT2D eigenvalue weighted by atomic mass is 35.5. The van der Waals surface area contributed by atoms with Gasteiger partial charge in [0.25, 0.3) is 0 Å². The number of hydrogen-bond acceptors (Lipinski definition) is 4. The molecule has 6 heteroatoms. The molecule has 2 heterocycles. The zero-order valence-corrected chi connectivity index (χ0v) is 19.3. The van der Waals surface area contributed by atoms with Crippen LogP contribution in [0.5, 0.6) is 0 Å². The number of rotatable bonds is 5. The van der Waals surface area contributed by atoms with Crippen LogP contribution >= 0.6 is 22.9 Å². The Morgan fingerprint density at radius 2 is 1.82 bits per heavy atom. The highest BCUT2D eigenvalue weighted by molar-refractivity contribution is 7.14. The average molecular weight is 471 g/mol. The predicted molar refractivity (Wildman–Crippen MR) is 137 cm³/mol. The molecule has 4 nitrogen and oxygen atoms in total. The number of carbonyl (C=O) groups is 1. The summed E-state index contributed by atoms with van der Waals surface area (Å²) in [5, 5.41) is 8.32. The van der Waals surface area contributed by atoms with Crippen LogP contribution in [0.4, 0.5) is 5.13 Å². The van der Waals surface area contributed by atoms with Crippen LogP contribution in [0.2, 0.25) is 5.02 Å². The van der Waals surface area contributed by atoms with E-state index in [0.717, 1.165) is 27.8 Å². The molecule has 0 radical (unpaired) electrons. The van der Waals surface area contributed by atoms with Gasteiger partial charge >= 0.3 is 0 Å². The van der Waals surface area contributed by atoms with Gasteiger partial charge < -0.3 is 4.42 Å². The Balaban J connectivity index is 1.25. The lowest BCUT2D eigenvalue weighted by molar-refractivity contribution is -0.111. The van der Waals surface area contributed by atoms with Crippen LogP contribution in [0.3, 0.4) is 0 Å². The molecule has 0 spiro atoms. The number of hydrogen-bond donors (Lipinski definition) is 1. The monoisotopic (exact) mass is 470 g/mol. The van der Waals surface area contributed by atoms with Gasteiger partial charge in [0, 0.05) is 27.6 Å². The van der Waals surface area contributed by atoms with Crippen molar-refractivity contribution in [1.29, 1.82) is 0 Å². The van der Waals surface area contributed by atoms with Gasteiger partial charge in [0.05, 0.1) is 5.69 Å². The Hall–Kier alpha value is -3.67. The van der Waals surface area contributed by atoms with Crippen molar-refractivity contribution < 1.29 is 9.21 Å². The second-order valence-electron chi connectivity index (χ2n) is 7.59. The van der Waals surface area contributed by atoms with E-state index in [1.165, 1.54) is 22.8 Å². The Morgan fingerprint density at radius 3 is 2.67 bits per heavy atom. The molecule has 0 fully saturated rings. The van der Waals surface area contributed by atoms with Crippen molar-refractivity contribution in [3.05, 3.63) is 101 Å². The lowest BCUT2D eigenvalue weighted by Gasteiger charge is -2.01. The van der Waals surface area contributed by atoms with Crippen molar-refractivity contribution in [2.45, 2.75) is 6.92 Å². The maximum atomic E-state index is 12.4. The van der Waals surface area contributed by atoms with Gasteiger partial charge in [0.15, 0.2) is 5.13 Å². The smallest absolute Gasteiger partial charge is 0.250 e. The third-order valence-electron chi connectivity index (χ3n) is 5.26. The fourth-order valence-corrected chi connectivity index (χ4v) is 4.36. The molecule has 0 bridgehead atoms. The Kier molecular flexibility index (Phi) is 5.82. The number of benzene rings is 3. The first-order valence-corrected chi connectivity index (χ1v) is 11.6. The van der Waals surface area contributed by atoms with E-state index in [0.29, 0.717) is 21.7 Å². The van der Waals surface area contributed by atoms with Crippen molar-refractivity contribution in [2.75, 3.05) is 5.32 Å². The van der Waals surface area contributed by atoms with Gasteiger partial charge in [0.2, 0.25) is 5.91 Å². The molecular formula is C27H19ClN2O2S. The number of halogens is 1. The fraction of sp³-hybridized carbons (Fsp3) is 0.0370. The molecular weight excluding hydrogens is 452 g/mol. The number of carbonyl (C=O) groups excluding carboxylic acids is 1. The van der Waals surface area contributed by atoms with Crippen molar-refractivity contribution in [3.8, 4) is 22.6 Å². The highest BCUT2D eigenvalue weighted by Crippen LogP contribution is 2.29. The van der Waals surface area contributed by atoms with Crippen molar-refractivity contribution in [1.82, 2.24) is 4.98 Å². The van der Waals surface area contributed by atoms with Crippen LogP contribution in [0.1, 0.15) is 11.3 Å². The summed E-state index contributed by atoms with van der Waals surface area (Å²) >= 11 is 7.59. The van der Waals surface area contributed by atoms with Crippen LogP contribution in [-0.2, 0) is 4.79 Å². The summed E-state index contributed by atoms with van der Waals surface area (Å²) in [6.45, 7) is 1.95. The summed E-state index contributed by atoms with van der Waals surface area (Å²) in [6.07, 6.45) is 3.06. The summed E-state index contributed by atoms with van der Waals surface area (Å²) in [7, 11) is 0. The summed E-state index contributed by atoms with van der Waals surface area (Å²) in [4.78, 5) is 16.9. The fourth-order valence-electron chi connectivity index (χ4n) is 3.46. The first-order valence-electron chi connectivity index (χ1n) is 10.4. The molecule has 0 unspecified atom stereocenters. The number of nitrogens with one attached hydrogen (secondary N) is 1. The number of thiazole rings is 1. The Bertz CT molecular complexity index is 1500. The normalized spacial score (nSPS) is 11.3. The minimum atomic E-state index is -0.272. The van der Waals surface area contributed by atoms with Gasteiger partial charge in [-0.2, -0.15) is 0 Å². The van der Waals surface area contributed by atoms with E-state index in [9.17, 15) is 4.79 Å². The van der Waals surface area contributed by atoms with Crippen molar-refractivity contribution in [2.24, 2.45) is 0 Å². The summed E-state index contributed by atoms with van der Waals surface area (Å²) in [5.74, 6) is 0.996. The zero-order chi connectivity index (χ0) is 22.8. The van der Waals surface area contributed by atoms with Crippen molar-refractivity contribution in [3.63, 3.8) is 0 Å². The topological polar surface area (TPSA) is 55.1 Å². The molecule has 162 valence electrons. The number of amides is 1. The molecule has 0 aliphatic rings. The number of nitrogens with zero attached hydrogens (tertiary/aromatic N) is 1. The molecule has 0 saturated heterocycles. The Morgan fingerprint density at radius 1 is 1.00 bits per heavy atom. The largest absolute Gasteiger partial charge is 0.457 e. The molecule has 5 aromatic rings. The predicted octanol–water partition coefficient (Wildman–Crippen LogP) is 7.84. The van der Waals surface area contributed by atoms with E-state index in [-0.39, 0.29) is 5.91 Å². The van der Waals surface area contributed by atoms with Gasteiger partial charge in [-0.1, -0.05) is 60.1 Å². The maximum Gasteiger partial charge on any atom is 0.250 e. The summed E-state index contributed by atoms with van der Waals surface area (Å²) in [5.41, 5.74) is 3.74. The number of fused-ring (bicyclic) bond motifs is 1. The third-order valence-corrected chi connectivity index (χ3v) is 6.43. The van der Waals surface area contributed by atoms with E-state index in [2.05, 4.69) is 34.6 Å². The number of aryl methyl sites for hydroxylation is 1. The molecule has 1 N–H and O–H groups in total. The average Bonchev–Trinajstić information content (AvgIpc) is 3.49. The molecule has 0 saturated carbocycles. The molecule has 3 aromatic carbocycles. The number of anilines is 1. The van der Waals surface area contributed by atoms with E-state index >= 15 is 0 Å². The first-order chi connectivity index (χ1) is 16.0. The van der Waals surface area contributed by atoms with Crippen LogP contribution in [0.25, 0.3) is 39.4 Å². The van der Waals surface area contributed by atoms with E-state index < -0.39 is 0 Å². The second-order valence-corrected chi connectivity index (χ2v) is 8.85. The molecule has 0 aliphatic heterocycles. The van der Waals surface area contributed by atoms with Crippen LogP contribution < -0.4 is 5.32 Å². The van der Waals surface area contributed by atoms with E-state index in [1.54, 1.807) is 6.08 Å². The summed E-state index contributed by atoms with van der Waals surface area (Å²) < 4.78 is 5.82. The van der Waals surface area contributed by atoms with Crippen LogP contribution in [-0.4, -0.2) is 10.9 Å². The van der Waals surface area contributed by atoms with E-state index in [1.807, 2.05) is 60.8 Å². The highest BCUT2D eigenvalue weighted by Gasteiger charge is 2.09. The van der Waals surface area contributed by atoms with Crippen molar-refractivity contribution >= 4 is 50.8 Å². The lowest BCUT2D eigenvalue weighted by atomic mass is 10.1. The minimum Gasteiger partial charge on any atom is -0.457 e. The van der Waals surface area contributed by atoms with Gasteiger partial charge in [0.1, 0.15) is 11.5 Å². The molecule has 1 amide bonds. The number of furan rings is 1. The molecule has 5 rings (SSSR count). The van der Waals surface area contributed by atoms with Gasteiger partial charge in [-0.05, 0) is 53.6 Å². The van der Waals surface area contributed by atoms with Gasteiger partial charge in [-0.25, -0.2) is 4.98 Å². The molecule has 0 atom stereocenters. The minimum absolute atomic E-state index is 0.272. The first kappa shape index (κ1) is 21.2. The molecule has 0 aliphatic carbocycles. The zero-order valence-electron chi connectivity index (χ0n) is 17.7. The van der Waals surface area contributed by atoms with Crippen LogP contribution in [0.15, 0.2) is 88.7 Å². The molecule has 2 aromatic heterocycles. The van der Waals surface area contributed by atoms with Crippen LogP contribution in [0, 0.1) is 6.92 Å². The van der Waals surface area contributed by atoms with Gasteiger partial charge in [-0.15, -0.1) is 11.3 Å². The standard InChI is InChI=1S/C27H19ClN2O2S/c1-17-6-7-21(15-23(17)28)25-12-10-22(32-25)11-13-26(31)30-27-29-24(16-33-27)20-9-8-18-4-2-3-5-19(18)14-20/h2-16H,1H3,(H,29,30,31)/b13-11+. The lowest BCUT2D eigenvalue weighted by Crippen LogP contribution is -2.07. The SMILES string of the molecule is Cc1ccc(-c2ccc(/C=C/C(=O)Nc3nc(-c4ccc5ccccc5c4)cs3)o2)cc1Cl. The maximum absolute atomic E-state index is 12.4.